The number of nitrogens with zero attached hydrogens (tertiary/aromatic N) is 2. The van der Waals surface area contributed by atoms with Crippen molar-refractivity contribution in [3.05, 3.63) is 28.8 Å². The summed E-state index contributed by atoms with van der Waals surface area (Å²) in [5, 5.41) is 0.480. The van der Waals surface area contributed by atoms with Gasteiger partial charge in [-0.25, -0.2) is 0 Å². The molecule has 0 bridgehead atoms. The second kappa shape index (κ2) is 5.62. The predicted molar refractivity (Wildman–Crippen MR) is 81.0 cm³/mol. The molecule has 1 aromatic carbocycles. The van der Waals surface area contributed by atoms with Crippen LogP contribution in [0, 0.1) is 0 Å². The smallest absolute Gasteiger partial charge is 0.255 e. The number of carbonyl (C=O) groups is 1. The van der Waals surface area contributed by atoms with Gasteiger partial charge in [0.05, 0.1) is 10.6 Å². The van der Waals surface area contributed by atoms with Crippen LogP contribution in [0.1, 0.15) is 29.6 Å². The molecule has 1 amide bonds. The number of halogens is 1. The van der Waals surface area contributed by atoms with E-state index in [0.29, 0.717) is 22.3 Å². The molecule has 1 unspecified atom stereocenters. The summed E-state index contributed by atoms with van der Waals surface area (Å²) in [7, 11) is 0. The molecule has 0 aromatic heterocycles. The van der Waals surface area contributed by atoms with Crippen LogP contribution in [-0.2, 0) is 0 Å². The lowest BCUT2D eigenvalue weighted by molar-refractivity contribution is 0.0780. The van der Waals surface area contributed by atoms with E-state index in [4.69, 9.17) is 17.3 Å². The molecule has 5 heteroatoms. The highest BCUT2D eigenvalue weighted by Crippen LogP contribution is 2.25. The number of rotatable bonds is 2. The molecule has 2 N–H and O–H groups in total. The first-order valence-corrected chi connectivity index (χ1v) is 7.61. The van der Waals surface area contributed by atoms with E-state index in [1.165, 1.54) is 25.9 Å². The number of nitrogens with two attached hydrogens (primary N) is 1. The molecule has 2 aliphatic heterocycles. The van der Waals surface area contributed by atoms with Gasteiger partial charge in [-0.2, -0.15) is 0 Å². The third-order valence-electron chi connectivity index (χ3n) is 4.33. The Kier molecular flexibility index (Phi) is 3.85. The average molecular weight is 294 g/mol. The zero-order chi connectivity index (χ0) is 14.1. The van der Waals surface area contributed by atoms with Crippen molar-refractivity contribution in [2.24, 2.45) is 0 Å². The molecule has 2 aliphatic rings. The highest BCUT2D eigenvalue weighted by molar-refractivity contribution is 6.34. The van der Waals surface area contributed by atoms with Crippen LogP contribution >= 0.6 is 11.6 Å². The Hall–Kier alpha value is -1.26. The van der Waals surface area contributed by atoms with Crippen LogP contribution in [0.15, 0.2) is 18.2 Å². The van der Waals surface area contributed by atoms with Crippen molar-refractivity contribution >= 4 is 23.2 Å². The van der Waals surface area contributed by atoms with Crippen LogP contribution in [0.4, 0.5) is 5.69 Å². The third kappa shape index (κ3) is 2.63. The largest absolute Gasteiger partial charge is 0.399 e. The van der Waals surface area contributed by atoms with Crippen molar-refractivity contribution in [1.82, 2.24) is 9.80 Å². The van der Waals surface area contributed by atoms with Crippen molar-refractivity contribution in [3.8, 4) is 0 Å². The fourth-order valence-electron chi connectivity index (χ4n) is 3.21. The number of nitrogen functional groups attached to an aromatic ring is 1. The molecule has 3 rings (SSSR count). The van der Waals surface area contributed by atoms with E-state index in [2.05, 4.69) is 4.90 Å². The highest BCUT2D eigenvalue weighted by Gasteiger charge is 2.32. The van der Waals surface area contributed by atoms with Crippen molar-refractivity contribution in [2.45, 2.75) is 25.3 Å². The van der Waals surface area contributed by atoms with Crippen LogP contribution in [-0.4, -0.2) is 47.9 Å². The molecule has 20 heavy (non-hydrogen) atoms. The van der Waals surface area contributed by atoms with Crippen molar-refractivity contribution in [2.75, 3.05) is 31.9 Å². The normalized spacial score (nSPS) is 23.4. The first-order chi connectivity index (χ1) is 9.65. The van der Waals surface area contributed by atoms with Crippen LogP contribution in [0.25, 0.3) is 0 Å². The predicted octanol–water partition coefficient (Wildman–Crippen LogP) is 2.23. The van der Waals surface area contributed by atoms with Gasteiger partial charge in [0.25, 0.3) is 5.91 Å². The zero-order valence-electron chi connectivity index (χ0n) is 11.5. The lowest BCUT2D eigenvalue weighted by atomic mass is 10.2. The van der Waals surface area contributed by atoms with E-state index in [-0.39, 0.29) is 5.91 Å². The molecule has 2 fully saturated rings. The van der Waals surface area contributed by atoms with Gasteiger partial charge in [-0.05, 0) is 50.6 Å². The Labute approximate surface area is 124 Å². The summed E-state index contributed by atoms with van der Waals surface area (Å²) in [6, 6.07) is 5.60. The molecule has 2 heterocycles. The topological polar surface area (TPSA) is 49.6 Å². The molecular formula is C15H20ClN3O. The van der Waals surface area contributed by atoms with Gasteiger partial charge in [0.2, 0.25) is 0 Å². The van der Waals surface area contributed by atoms with E-state index in [1.54, 1.807) is 18.2 Å². The maximum Gasteiger partial charge on any atom is 0.255 e. The fourth-order valence-corrected chi connectivity index (χ4v) is 3.41. The SMILES string of the molecule is Nc1ccc(Cl)c(C(=O)N2CCC(N3CCCC3)C2)c1. The molecule has 0 aliphatic carbocycles. The van der Waals surface area contributed by atoms with E-state index in [1.807, 2.05) is 4.90 Å². The minimum atomic E-state index is 0.00370. The number of carbonyl (C=O) groups excluding carboxylic acids is 1. The van der Waals surface area contributed by atoms with Crippen molar-refractivity contribution in [1.29, 1.82) is 0 Å². The van der Waals surface area contributed by atoms with Gasteiger partial charge >= 0.3 is 0 Å². The zero-order valence-corrected chi connectivity index (χ0v) is 12.3. The maximum absolute atomic E-state index is 12.5. The average Bonchev–Trinajstić information content (AvgIpc) is 3.10. The van der Waals surface area contributed by atoms with Gasteiger partial charge < -0.3 is 10.6 Å². The van der Waals surface area contributed by atoms with Gasteiger partial charge in [0.15, 0.2) is 0 Å². The second-order valence-corrected chi connectivity index (χ2v) is 6.08. The number of amides is 1. The maximum atomic E-state index is 12.5. The Bertz CT molecular complexity index is 514. The van der Waals surface area contributed by atoms with Crippen LogP contribution in [0.5, 0.6) is 0 Å². The fraction of sp³-hybridized carbons (Fsp3) is 0.533. The Morgan fingerprint density at radius 1 is 1.25 bits per heavy atom. The second-order valence-electron chi connectivity index (χ2n) is 5.68. The first kappa shape index (κ1) is 13.7. The van der Waals surface area contributed by atoms with Gasteiger partial charge in [0, 0.05) is 24.8 Å². The third-order valence-corrected chi connectivity index (χ3v) is 4.66. The standard InChI is InChI=1S/C15H20ClN3O/c16-14-4-3-11(17)9-13(14)15(20)19-8-5-12(10-19)18-6-1-2-7-18/h3-4,9,12H,1-2,5-8,10,17H2. The number of hydrogen-bond acceptors (Lipinski definition) is 3. The molecule has 1 atom stereocenters. The van der Waals surface area contributed by atoms with Crippen LogP contribution < -0.4 is 5.73 Å². The Balaban J connectivity index is 1.70. The summed E-state index contributed by atoms with van der Waals surface area (Å²) in [6.07, 6.45) is 3.63. The Morgan fingerprint density at radius 2 is 2.00 bits per heavy atom. The molecule has 1 aromatic rings. The summed E-state index contributed by atoms with van der Waals surface area (Å²) in [5.74, 6) is 0.00370. The molecule has 4 nitrogen and oxygen atoms in total. The van der Waals surface area contributed by atoms with E-state index < -0.39 is 0 Å². The molecule has 0 spiro atoms. The van der Waals surface area contributed by atoms with Crippen LogP contribution in [0.2, 0.25) is 5.02 Å². The van der Waals surface area contributed by atoms with Gasteiger partial charge in [0.1, 0.15) is 0 Å². The summed E-state index contributed by atoms with van der Waals surface area (Å²) in [4.78, 5) is 17.0. The van der Waals surface area contributed by atoms with Crippen molar-refractivity contribution < 1.29 is 4.79 Å². The summed E-state index contributed by atoms with van der Waals surface area (Å²) in [5.41, 5.74) is 6.85. The lowest BCUT2D eigenvalue weighted by Gasteiger charge is -2.23. The minimum Gasteiger partial charge on any atom is -0.399 e. The first-order valence-electron chi connectivity index (χ1n) is 7.23. The van der Waals surface area contributed by atoms with E-state index in [9.17, 15) is 4.79 Å². The lowest BCUT2D eigenvalue weighted by Crippen LogP contribution is -2.37. The van der Waals surface area contributed by atoms with Gasteiger partial charge in [-0.1, -0.05) is 11.6 Å². The molecular weight excluding hydrogens is 274 g/mol. The van der Waals surface area contributed by atoms with Gasteiger partial charge in [-0.3, -0.25) is 9.69 Å². The number of benzene rings is 1. The van der Waals surface area contributed by atoms with E-state index >= 15 is 0 Å². The number of hydrogen-bond donors (Lipinski definition) is 1. The highest BCUT2D eigenvalue weighted by atomic mass is 35.5. The quantitative estimate of drug-likeness (QED) is 0.851. The Morgan fingerprint density at radius 3 is 2.75 bits per heavy atom. The molecule has 0 saturated carbocycles. The summed E-state index contributed by atoms with van der Waals surface area (Å²) >= 11 is 6.12. The molecule has 108 valence electrons. The minimum absolute atomic E-state index is 0.00370. The summed E-state index contributed by atoms with van der Waals surface area (Å²) in [6.45, 7) is 3.96. The van der Waals surface area contributed by atoms with E-state index in [0.717, 1.165) is 19.5 Å². The van der Waals surface area contributed by atoms with Crippen molar-refractivity contribution in [3.63, 3.8) is 0 Å². The monoisotopic (exact) mass is 293 g/mol. The van der Waals surface area contributed by atoms with Gasteiger partial charge in [-0.15, -0.1) is 0 Å². The number of likely N-dealkylation sites (tertiary alicyclic amines) is 2. The molecule has 2 saturated heterocycles. The summed E-state index contributed by atoms with van der Waals surface area (Å²) < 4.78 is 0. The number of anilines is 1. The molecule has 0 radical (unpaired) electrons. The van der Waals surface area contributed by atoms with Crippen LogP contribution in [0.3, 0.4) is 0 Å².